The monoisotopic (exact) mass is 621 g/mol. The number of aliphatic hydroxyl groups is 1. The Labute approximate surface area is 273 Å². The standard InChI is InChI=1S/C39H72O5/c1-4-7-9-23-30-36(40)31-24-19-15-11-12-16-20-26-33-38(41)43-35-28-22-18-14-13-17-21-27-34-39(42)44-37(29-6-3)32-25-10-8-5-2/h6,19,24,36-37,40H,3-5,7-18,20-23,25-35H2,1-2H3/b24-19-. The van der Waals surface area contributed by atoms with Gasteiger partial charge in [-0.1, -0.05) is 135 Å². The van der Waals surface area contributed by atoms with E-state index in [0.29, 0.717) is 19.4 Å². The van der Waals surface area contributed by atoms with E-state index < -0.39 is 0 Å². The summed E-state index contributed by atoms with van der Waals surface area (Å²) in [5, 5.41) is 9.99. The van der Waals surface area contributed by atoms with Crippen LogP contribution in [0.4, 0.5) is 0 Å². The number of aliphatic hydroxyl groups excluding tert-OH is 1. The fourth-order valence-corrected chi connectivity index (χ4v) is 5.50. The Kier molecular flexibility index (Phi) is 33.0. The van der Waals surface area contributed by atoms with Gasteiger partial charge in [-0.3, -0.25) is 9.59 Å². The third kappa shape index (κ3) is 31.8. The second kappa shape index (κ2) is 34.3. The molecule has 0 aromatic heterocycles. The highest BCUT2D eigenvalue weighted by atomic mass is 16.5. The molecule has 2 unspecified atom stereocenters. The third-order valence-electron chi connectivity index (χ3n) is 8.36. The van der Waals surface area contributed by atoms with Gasteiger partial charge in [0.15, 0.2) is 0 Å². The van der Waals surface area contributed by atoms with Crippen LogP contribution < -0.4 is 0 Å². The minimum absolute atomic E-state index is 0.00134. The zero-order valence-corrected chi connectivity index (χ0v) is 29.2. The molecule has 0 aromatic rings. The van der Waals surface area contributed by atoms with Crippen molar-refractivity contribution in [3.05, 3.63) is 24.8 Å². The Bertz CT molecular complexity index is 673. The predicted octanol–water partition coefficient (Wildman–Crippen LogP) is 11.5. The lowest BCUT2D eigenvalue weighted by molar-refractivity contribution is -0.149. The number of esters is 2. The summed E-state index contributed by atoms with van der Waals surface area (Å²) in [5.41, 5.74) is 0. The van der Waals surface area contributed by atoms with Gasteiger partial charge in [-0.2, -0.15) is 0 Å². The molecule has 5 heteroatoms. The highest BCUT2D eigenvalue weighted by molar-refractivity contribution is 5.69. The SMILES string of the molecule is C=CCC(CCCCCC)OC(=O)CCCCCCCCCCOC(=O)CCCCCCC/C=C\CC(O)CCCCCC. The molecule has 258 valence electrons. The minimum Gasteiger partial charge on any atom is -0.466 e. The number of unbranched alkanes of at least 4 members (excludes halogenated alkanes) is 18. The van der Waals surface area contributed by atoms with E-state index in [1.54, 1.807) is 0 Å². The van der Waals surface area contributed by atoms with Crippen molar-refractivity contribution in [3.8, 4) is 0 Å². The van der Waals surface area contributed by atoms with E-state index in [0.717, 1.165) is 89.9 Å². The van der Waals surface area contributed by atoms with Crippen LogP contribution in [0.15, 0.2) is 24.8 Å². The quantitative estimate of drug-likeness (QED) is 0.0440. The molecule has 0 amide bonds. The smallest absolute Gasteiger partial charge is 0.306 e. The molecule has 0 aliphatic rings. The maximum Gasteiger partial charge on any atom is 0.306 e. The first-order valence-electron chi connectivity index (χ1n) is 18.8. The Morgan fingerprint density at radius 3 is 1.75 bits per heavy atom. The van der Waals surface area contributed by atoms with Crippen molar-refractivity contribution < 1.29 is 24.2 Å². The van der Waals surface area contributed by atoms with Crippen molar-refractivity contribution in [1.29, 1.82) is 0 Å². The van der Waals surface area contributed by atoms with Crippen LogP contribution in [0.1, 0.15) is 194 Å². The van der Waals surface area contributed by atoms with Crippen LogP contribution in [-0.2, 0) is 19.1 Å². The van der Waals surface area contributed by atoms with Crippen LogP contribution in [0.25, 0.3) is 0 Å². The number of hydrogen-bond acceptors (Lipinski definition) is 5. The van der Waals surface area contributed by atoms with Gasteiger partial charge in [0.2, 0.25) is 0 Å². The van der Waals surface area contributed by atoms with Crippen LogP contribution in [0.3, 0.4) is 0 Å². The first-order valence-corrected chi connectivity index (χ1v) is 18.8. The largest absolute Gasteiger partial charge is 0.466 e. The maximum absolute atomic E-state index is 12.2. The molecule has 1 N–H and O–H groups in total. The van der Waals surface area contributed by atoms with Gasteiger partial charge in [-0.25, -0.2) is 0 Å². The van der Waals surface area contributed by atoms with E-state index in [4.69, 9.17) is 9.47 Å². The Morgan fingerprint density at radius 1 is 0.614 bits per heavy atom. The topological polar surface area (TPSA) is 72.8 Å². The van der Waals surface area contributed by atoms with Gasteiger partial charge >= 0.3 is 11.9 Å². The van der Waals surface area contributed by atoms with Crippen molar-refractivity contribution in [2.75, 3.05) is 6.61 Å². The molecular weight excluding hydrogens is 548 g/mol. The third-order valence-corrected chi connectivity index (χ3v) is 8.36. The molecule has 0 saturated heterocycles. The first-order chi connectivity index (χ1) is 21.5. The summed E-state index contributed by atoms with van der Waals surface area (Å²) < 4.78 is 11.1. The van der Waals surface area contributed by atoms with Gasteiger partial charge in [0.1, 0.15) is 6.10 Å². The lowest BCUT2D eigenvalue weighted by atomic mass is 10.1. The zero-order chi connectivity index (χ0) is 32.4. The van der Waals surface area contributed by atoms with Crippen LogP contribution in [0, 0.1) is 0 Å². The molecule has 0 rings (SSSR count). The summed E-state index contributed by atoms with van der Waals surface area (Å²) >= 11 is 0. The number of hydrogen-bond donors (Lipinski definition) is 1. The molecule has 0 aliphatic carbocycles. The molecule has 2 atom stereocenters. The van der Waals surface area contributed by atoms with Crippen LogP contribution >= 0.6 is 0 Å². The van der Waals surface area contributed by atoms with E-state index in [-0.39, 0.29) is 24.1 Å². The summed E-state index contributed by atoms with van der Waals surface area (Å²) in [6.45, 7) is 8.77. The van der Waals surface area contributed by atoms with Gasteiger partial charge in [0.05, 0.1) is 12.7 Å². The molecule has 0 aromatic carbocycles. The van der Waals surface area contributed by atoms with E-state index in [1.807, 2.05) is 6.08 Å². The van der Waals surface area contributed by atoms with Gasteiger partial charge in [-0.15, -0.1) is 6.58 Å². The zero-order valence-electron chi connectivity index (χ0n) is 29.2. The molecule has 0 spiro atoms. The molecule has 0 fully saturated rings. The highest BCUT2D eigenvalue weighted by Gasteiger charge is 2.12. The fraction of sp³-hybridized carbons (Fsp3) is 0.846. The van der Waals surface area contributed by atoms with Gasteiger partial charge < -0.3 is 14.6 Å². The second-order valence-electron chi connectivity index (χ2n) is 12.8. The average Bonchev–Trinajstić information content (AvgIpc) is 3.01. The highest BCUT2D eigenvalue weighted by Crippen LogP contribution is 2.15. The molecule has 0 aliphatic heterocycles. The Morgan fingerprint density at radius 2 is 1.14 bits per heavy atom. The predicted molar refractivity (Wildman–Crippen MR) is 187 cm³/mol. The molecular formula is C39H72O5. The molecule has 0 saturated carbocycles. The molecule has 0 heterocycles. The van der Waals surface area contributed by atoms with E-state index in [1.165, 1.54) is 77.0 Å². The van der Waals surface area contributed by atoms with E-state index >= 15 is 0 Å². The van der Waals surface area contributed by atoms with Crippen LogP contribution in [0.2, 0.25) is 0 Å². The van der Waals surface area contributed by atoms with Crippen molar-refractivity contribution in [1.82, 2.24) is 0 Å². The van der Waals surface area contributed by atoms with Crippen molar-refractivity contribution >= 4 is 11.9 Å². The summed E-state index contributed by atoms with van der Waals surface area (Å²) in [6.07, 6.45) is 35.6. The van der Waals surface area contributed by atoms with Crippen LogP contribution in [-0.4, -0.2) is 35.9 Å². The van der Waals surface area contributed by atoms with Crippen LogP contribution in [0.5, 0.6) is 0 Å². The Hall–Kier alpha value is -1.62. The van der Waals surface area contributed by atoms with E-state index in [9.17, 15) is 14.7 Å². The van der Waals surface area contributed by atoms with Crippen molar-refractivity contribution in [3.63, 3.8) is 0 Å². The molecule has 5 nitrogen and oxygen atoms in total. The average molecular weight is 621 g/mol. The lowest BCUT2D eigenvalue weighted by Gasteiger charge is -2.16. The normalized spacial score (nSPS) is 12.8. The van der Waals surface area contributed by atoms with Crippen molar-refractivity contribution in [2.45, 2.75) is 206 Å². The first kappa shape index (κ1) is 42.4. The molecule has 0 radical (unpaired) electrons. The summed E-state index contributed by atoms with van der Waals surface area (Å²) in [4.78, 5) is 24.1. The number of rotatable bonds is 34. The van der Waals surface area contributed by atoms with Crippen molar-refractivity contribution in [2.24, 2.45) is 0 Å². The van der Waals surface area contributed by atoms with Gasteiger partial charge in [0.25, 0.3) is 0 Å². The second-order valence-corrected chi connectivity index (χ2v) is 12.8. The number of carbonyl (C=O) groups excluding carboxylic acids is 2. The lowest BCUT2D eigenvalue weighted by Crippen LogP contribution is -2.17. The van der Waals surface area contributed by atoms with E-state index in [2.05, 4.69) is 32.6 Å². The summed E-state index contributed by atoms with van der Waals surface area (Å²) in [5.74, 6) is -0.103. The molecule has 0 bridgehead atoms. The number of carbonyl (C=O) groups is 2. The van der Waals surface area contributed by atoms with Gasteiger partial charge in [-0.05, 0) is 57.8 Å². The number of ether oxygens (including phenoxy) is 2. The molecule has 44 heavy (non-hydrogen) atoms. The minimum atomic E-state index is -0.180. The Balaban J connectivity index is 3.47. The fourth-order valence-electron chi connectivity index (χ4n) is 5.50. The maximum atomic E-state index is 12.2. The summed E-state index contributed by atoms with van der Waals surface area (Å²) in [7, 11) is 0. The van der Waals surface area contributed by atoms with Gasteiger partial charge in [0, 0.05) is 19.3 Å². The number of allylic oxidation sites excluding steroid dienone is 1. The summed E-state index contributed by atoms with van der Waals surface area (Å²) in [6, 6.07) is 0.